The monoisotopic (exact) mass is 275 g/mol. The van der Waals surface area contributed by atoms with Gasteiger partial charge in [-0.1, -0.05) is 18.2 Å². The minimum absolute atomic E-state index is 0.732. The fraction of sp³-hybridized carbons (Fsp3) is 0.167. The van der Waals surface area contributed by atoms with E-state index in [4.69, 9.17) is 0 Å². The molecule has 0 fully saturated rings. The van der Waals surface area contributed by atoms with Gasteiger partial charge in [-0.05, 0) is 42.8 Å². The van der Waals surface area contributed by atoms with Crippen LogP contribution in [-0.2, 0) is 6.54 Å². The first kappa shape index (κ1) is 13.3. The van der Waals surface area contributed by atoms with Crippen LogP contribution >= 0.6 is 0 Å². The second-order valence-electron chi connectivity index (χ2n) is 5.31. The van der Waals surface area contributed by atoms with Crippen LogP contribution < -0.4 is 4.90 Å². The van der Waals surface area contributed by atoms with Crippen molar-refractivity contribution >= 4 is 11.2 Å². The molecular formula is C18H17N3. The number of pyridine rings is 1. The molecule has 3 aromatic rings. The topological polar surface area (TPSA) is 31.4 Å². The fourth-order valence-electron chi connectivity index (χ4n) is 2.60. The Morgan fingerprint density at radius 1 is 1.14 bits per heavy atom. The lowest BCUT2D eigenvalue weighted by Gasteiger charge is -2.19. The van der Waals surface area contributed by atoms with Crippen LogP contribution in [0.25, 0.3) is 5.52 Å². The molecule has 0 radical (unpaired) electrons. The van der Waals surface area contributed by atoms with Gasteiger partial charge in [0.05, 0.1) is 17.6 Å². The van der Waals surface area contributed by atoms with Crippen LogP contribution in [-0.4, -0.2) is 11.4 Å². The summed E-state index contributed by atoms with van der Waals surface area (Å²) < 4.78 is 2.10. The Morgan fingerprint density at radius 3 is 2.62 bits per heavy atom. The van der Waals surface area contributed by atoms with Gasteiger partial charge in [0.15, 0.2) is 0 Å². The number of nitrogens with zero attached hydrogens (tertiary/aromatic N) is 3. The maximum Gasteiger partial charge on any atom is 0.101 e. The third-order valence-electron chi connectivity index (χ3n) is 3.72. The summed E-state index contributed by atoms with van der Waals surface area (Å²) in [6.45, 7) is 2.81. The average molecular weight is 275 g/mol. The lowest BCUT2D eigenvalue weighted by atomic mass is 10.2. The van der Waals surface area contributed by atoms with Crippen LogP contribution in [0.4, 0.5) is 5.69 Å². The van der Waals surface area contributed by atoms with E-state index in [-0.39, 0.29) is 0 Å². The lowest BCUT2D eigenvalue weighted by molar-refractivity contribution is 0.870. The standard InChI is InChI=1S/C18H17N3/c1-14-8-9-21-17(11-15(12-19)18(21)10-14)13-20(2)16-6-4-3-5-7-16/h3-11H,13H2,1-2H3. The summed E-state index contributed by atoms with van der Waals surface area (Å²) in [4.78, 5) is 2.18. The van der Waals surface area contributed by atoms with Crippen LogP contribution in [0.3, 0.4) is 0 Å². The highest BCUT2D eigenvalue weighted by Crippen LogP contribution is 2.21. The molecule has 104 valence electrons. The van der Waals surface area contributed by atoms with E-state index in [2.05, 4.69) is 46.7 Å². The number of rotatable bonds is 3. The van der Waals surface area contributed by atoms with Gasteiger partial charge in [-0.3, -0.25) is 0 Å². The highest BCUT2D eigenvalue weighted by Gasteiger charge is 2.11. The van der Waals surface area contributed by atoms with E-state index in [1.165, 1.54) is 5.56 Å². The molecule has 0 spiro atoms. The number of benzene rings is 1. The Hall–Kier alpha value is -2.73. The molecule has 0 bridgehead atoms. The smallest absolute Gasteiger partial charge is 0.101 e. The molecule has 0 aliphatic heterocycles. The molecule has 0 N–H and O–H groups in total. The molecule has 0 saturated carbocycles. The first-order chi connectivity index (χ1) is 10.2. The number of aromatic nitrogens is 1. The molecule has 0 atom stereocenters. The van der Waals surface area contributed by atoms with E-state index >= 15 is 0 Å². The van der Waals surface area contributed by atoms with Crippen LogP contribution in [0.2, 0.25) is 0 Å². The second kappa shape index (κ2) is 5.34. The van der Waals surface area contributed by atoms with Crippen LogP contribution in [0.15, 0.2) is 54.7 Å². The van der Waals surface area contributed by atoms with Crippen molar-refractivity contribution in [2.24, 2.45) is 0 Å². The largest absolute Gasteiger partial charge is 0.369 e. The van der Waals surface area contributed by atoms with E-state index in [9.17, 15) is 5.26 Å². The van der Waals surface area contributed by atoms with Crippen LogP contribution in [0.1, 0.15) is 16.8 Å². The van der Waals surface area contributed by atoms with Crippen molar-refractivity contribution in [2.75, 3.05) is 11.9 Å². The fourth-order valence-corrected chi connectivity index (χ4v) is 2.60. The third-order valence-corrected chi connectivity index (χ3v) is 3.72. The van der Waals surface area contributed by atoms with Gasteiger partial charge in [-0.2, -0.15) is 5.26 Å². The zero-order valence-electron chi connectivity index (χ0n) is 12.2. The van der Waals surface area contributed by atoms with Crippen LogP contribution in [0, 0.1) is 18.3 Å². The summed E-state index contributed by atoms with van der Waals surface area (Å²) in [6, 6.07) is 18.7. The summed E-state index contributed by atoms with van der Waals surface area (Å²) >= 11 is 0. The van der Waals surface area contributed by atoms with Gasteiger partial charge in [-0.25, -0.2) is 0 Å². The van der Waals surface area contributed by atoms with Crippen molar-refractivity contribution in [3.05, 3.63) is 71.5 Å². The molecule has 3 heteroatoms. The Balaban J connectivity index is 2.00. The molecular weight excluding hydrogens is 258 g/mol. The van der Waals surface area contributed by atoms with Gasteiger partial charge >= 0.3 is 0 Å². The molecule has 0 aliphatic rings. The predicted molar refractivity (Wildman–Crippen MR) is 85.4 cm³/mol. The summed E-state index contributed by atoms with van der Waals surface area (Å²) in [7, 11) is 2.06. The highest BCUT2D eigenvalue weighted by atomic mass is 15.1. The van der Waals surface area contributed by atoms with Crippen molar-refractivity contribution in [2.45, 2.75) is 13.5 Å². The number of aryl methyl sites for hydroxylation is 1. The molecule has 0 amide bonds. The quantitative estimate of drug-likeness (QED) is 0.729. The van der Waals surface area contributed by atoms with Crippen molar-refractivity contribution in [3.8, 4) is 6.07 Å². The van der Waals surface area contributed by atoms with Gasteiger partial charge in [0.25, 0.3) is 0 Å². The van der Waals surface area contributed by atoms with E-state index in [1.807, 2.05) is 37.4 Å². The molecule has 2 aromatic heterocycles. The molecule has 3 rings (SSSR count). The number of hydrogen-bond acceptors (Lipinski definition) is 2. The first-order valence-corrected chi connectivity index (χ1v) is 6.96. The first-order valence-electron chi connectivity index (χ1n) is 6.96. The minimum Gasteiger partial charge on any atom is -0.369 e. The molecule has 1 aromatic carbocycles. The Morgan fingerprint density at radius 2 is 1.90 bits per heavy atom. The molecule has 2 heterocycles. The number of anilines is 1. The van der Waals surface area contributed by atoms with Crippen molar-refractivity contribution in [1.82, 2.24) is 4.40 Å². The zero-order valence-corrected chi connectivity index (χ0v) is 12.2. The Kier molecular flexibility index (Phi) is 3.37. The highest BCUT2D eigenvalue weighted by molar-refractivity contribution is 5.64. The third kappa shape index (κ3) is 2.48. The van der Waals surface area contributed by atoms with Gasteiger partial charge in [0.1, 0.15) is 6.07 Å². The maximum atomic E-state index is 9.31. The van der Waals surface area contributed by atoms with Crippen molar-refractivity contribution < 1.29 is 0 Å². The minimum atomic E-state index is 0.732. The summed E-state index contributed by atoms with van der Waals surface area (Å²) in [6.07, 6.45) is 2.04. The second-order valence-corrected chi connectivity index (χ2v) is 5.31. The zero-order chi connectivity index (χ0) is 14.8. The normalized spacial score (nSPS) is 10.5. The summed E-state index contributed by atoms with van der Waals surface area (Å²) in [5.41, 5.74) is 5.16. The van der Waals surface area contributed by atoms with E-state index in [1.54, 1.807) is 0 Å². The Bertz CT molecular complexity index is 810. The van der Waals surface area contributed by atoms with Gasteiger partial charge < -0.3 is 9.30 Å². The van der Waals surface area contributed by atoms with Crippen molar-refractivity contribution in [3.63, 3.8) is 0 Å². The SMILES string of the molecule is Cc1ccn2c(CN(C)c3ccccc3)cc(C#N)c2c1. The van der Waals surface area contributed by atoms with E-state index in [0.717, 1.165) is 29.0 Å². The molecule has 3 nitrogen and oxygen atoms in total. The van der Waals surface area contributed by atoms with Gasteiger partial charge in [0.2, 0.25) is 0 Å². The lowest BCUT2D eigenvalue weighted by Crippen LogP contribution is -2.17. The number of hydrogen-bond donors (Lipinski definition) is 0. The van der Waals surface area contributed by atoms with Gasteiger partial charge in [0, 0.05) is 24.6 Å². The number of nitriles is 1. The summed E-state index contributed by atoms with van der Waals surface area (Å²) in [5, 5.41) is 9.31. The predicted octanol–water partition coefficient (Wildman–Crippen LogP) is 3.76. The number of para-hydroxylation sites is 1. The molecule has 0 aliphatic carbocycles. The molecule has 0 unspecified atom stereocenters. The number of fused-ring (bicyclic) bond motifs is 1. The summed E-state index contributed by atoms with van der Waals surface area (Å²) in [5.74, 6) is 0. The Labute approximate surface area is 124 Å². The molecule has 21 heavy (non-hydrogen) atoms. The molecule has 0 saturated heterocycles. The maximum absolute atomic E-state index is 9.31. The van der Waals surface area contributed by atoms with Gasteiger partial charge in [-0.15, -0.1) is 0 Å². The van der Waals surface area contributed by atoms with E-state index < -0.39 is 0 Å². The van der Waals surface area contributed by atoms with E-state index in [0.29, 0.717) is 0 Å². The van der Waals surface area contributed by atoms with Crippen molar-refractivity contribution in [1.29, 1.82) is 5.26 Å². The van der Waals surface area contributed by atoms with Crippen LogP contribution in [0.5, 0.6) is 0 Å². The average Bonchev–Trinajstić information content (AvgIpc) is 2.85.